The highest BCUT2D eigenvalue weighted by atomic mass is 16.5. The molecule has 3 rings (SSSR count). The Morgan fingerprint density at radius 1 is 1.19 bits per heavy atom. The molecule has 0 saturated heterocycles. The van der Waals surface area contributed by atoms with Crippen molar-refractivity contribution in [1.29, 1.82) is 0 Å². The highest BCUT2D eigenvalue weighted by Gasteiger charge is 2.10. The summed E-state index contributed by atoms with van der Waals surface area (Å²) in [5.74, 6) is 1.36. The Kier molecular flexibility index (Phi) is 5.31. The second-order valence-corrected chi connectivity index (χ2v) is 6.10. The molecule has 0 fully saturated rings. The number of nitrogens with one attached hydrogen (secondary N) is 1. The lowest BCUT2D eigenvalue weighted by atomic mass is 10.1. The second kappa shape index (κ2) is 7.82. The number of carbonyl (C=O) groups is 1. The van der Waals surface area contributed by atoms with Crippen molar-refractivity contribution in [2.75, 3.05) is 12.4 Å². The number of ether oxygens (including phenoxy) is 1. The first-order valence-corrected chi connectivity index (χ1v) is 8.42. The fraction of sp³-hybridized carbons (Fsp3) is 0.250. The number of imidazole rings is 1. The first kappa shape index (κ1) is 17.7. The Balaban J connectivity index is 1.66. The highest BCUT2D eigenvalue weighted by Crippen LogP contribution is 2.14. The zero-order valence-electron chi connectivity index (χ0n) is 15.2. The van der Waals surface area contributed by atoms with Crippen molar-refractivity contribution in [3.63, 3.8) is 0 Å². The Bertz CT molecular complexity index is 918. The number of esters is 1. The van der Waals surface area contributed by atoms with Gasteiger partial charge in [-0.1, -0.05) is 24.3 Å². The van der Waals surface area contributed by atoms with E-state index in [0.29, 0.717) is 17.8 Å². The van der Waals surface area contributed by atoms with Gasteiger partial charge in [-0.15, -0.1) is 0 Å². The lowest BCUT2D eigenvalue weighted by Crippen LogP contribution is -2.08. The van der Waals surface area contributed by atoms with Crippen molar-refractivity contribution in [2.24, 2.45) is 0 Å². The zero-order chi connectivity index (χ0) is 18.5. The second-order valence-electron chi connectivity index (χ2n) is 6.10. The summed E-state index contributed by atoms with van der Waals surface area (Å²) < 4.78 is 6.86. The molecule has 0 atom stereocenters. The summed E-state index contributed by atoms with van der Waals surface area (Å²) in [6.07, 6.45) is 3.79. The number of anilines is 1. The lowest BCUT2D eigenvalue weighted by Gasteiger charge is -2.10. The van der Waals surface area contributed by atoms with Crippen molar-refractivity contribution in [1.82, 2.24) is 14.5 Å². The third kappa shape index (κ3) is 4.08. The summed E-state index contributed by atoms with van der Waals surface area (Å²) in [5.41, 5.74) is 3.51. The molecule has 1 aromatic carbocycles. The summed E-state index contributed by atoms with van der Waals surface area (Å²) in [6, 6.07) is 11.9. The fourth-order valence-electron chi connectivity index (χ4n) is 2.78. The molecular weight excluding hydrogens is 328 g/mol. The summed E-state index contributed by atoms with van der Waals surface area (Å²) in [7, 11) is 1.37. The van der Waals surface area contributed by atoms with Crippen LogP contribution in [0.2, 0.25) is 0 Å². The van der Waals surface area contributed by atoms with Crippen molar-refractivity contribution in [2.45, 2.75) is 26.9 Å². The van der Waals surface area contributed by atoms with E-state index in [1.54, 1.807) is 19.1 Å². The molecule has 0 bridgehead atoms. The molecule has 0 radical (unpaired) electrons. The van der Waals surface area contributed by atoms with E-state index in [-0.39, 0.29) is 5.97 Å². The summed E-state index contributed by atoms with van der Waals surface area (Å²) in [5, 5.41) is 3.30. The predicted molar refractivity (Wildman–Crippen MR) is 100 cm³/mol. The highest BCUT2D eigenvalue weighted by molar-refractivity contribution is 5.90. The normalized spacial score (nSPS) is 10.6. The van der Waals surface area contributed by atoms with Crippen LogP contribution in [0, 0.1) is 13.8 Å². The standard InChI is InChI=1S/C20H22N4O2/c1-14-18(20(25)26-3)7-8-19(23-14)22-12-16-5-4-6-17(11-16)13-24-10-9-21-15(24)2/h4-11H,12-13H2,1-3H3,(H,22,23). The van der Waals surface area contributed by atoms with Gasteiger partial charge in [-0.3, -0.25) is 0 Å². The number of carbonyl (C=O) groups excluding carboxylic acids is 1. The summed E-state index contributed by atoms with van der Waals surface area (Å²) in [6.45, 7) is 5.24. The molecule has 3 aromatic rings. The van der Waals surface area contributed by atoms with Gasteiger partial charge in [-0.2, -0.15) is 0 Å². The third-order valence-electron chi connectivity index (χ3n) is 4.23. The van der Waals surface area contributed by atoms with Crippen LogP contribution in [0.3, 0.4) is 0 Å². The number of nitrogens with zero attached hydrogens (tertiary/aromatic N) is 3. The molecule has 0 aliphatic heterocycles. The van der Waals surface area contributed by atoms with Gasteiger partial charge in [0, 0.05) is 25.5 Å². The molecule has 6 nitrogen and oxygen atoms in total. The van der Waals surface area contributed by atoms with Crippen LogP contribution in [0.15, 0.2) is 48.8 Å². The Morgan fingerprint density at radius 2 is 2.00 bits per heavy atom. The van der Waals surface area contributed by atoms with E-state index < -0.39 is 0 Å². The first-order valence-electron chi connectivity index (χ1n) is 8.42. The maximum Gasteiger partial charge on any atom is 0.339 e. The number of hydrogen-bond donors (Lipinski definition) is 1. The molecule has 2 aromatic heterocycles. The van der Waals surface area contributed by atoms with Gasteiger partial charge in [0.1, 0.15) is 11.6 Å². The molecule has 26 heavy (non-hydrogen) atoms. The van der Waals surface area contributed by atoms with Crippen LogP contribution >= 0.6 is 0 Å². The third-order valence-corrected chi connectivity index (χ3v) is 4.23. The molecule has 0 saturated carbocycles. The van der Waals surface area contributed by atoms with E-state index in [0.717, 1.165) is 23.8 Å². The van der Waals surface area contributed by atoms with Gasteiger partial charge in [0.2, 0.25) is 0 Å². The number of pyridine rings is 1. The number of rotatable bonds is 6. The summed E-state index contributed by atoms with van der Waals surface area (Å²) in [4.78, 5) is 20.3. The van der Waals surface area contributed by atoms with Crippen molar-refractivity contribution < 1.29 is 9.53 Å². The van der Waals surface area contributed by atoms with E-state index in [2.05, 4.69) is 44.1 Å². The topological polar surface area (TPSA) is 69.0 Å². The SMILES string of the molecule is COC(=O)c1ccc(NCc2cccc(Cn3ccnc3C)c2)nc1C. The van der Waals surface area contributed by atoms with Gasteiger partial charge in [-0.05, 0) is 37.1 Å². The first-order chi connectivity index (χ1) is 12.6. The molecule has 0 amide bonds. The summed E-state index contributed by atoms with van der Waals surface area (Å²) >= 11 is 0. The maximum atomic E-state index is 11.6. The maximum absolute atomic E-state index is 11.6. The molecule has 0 unspecified atom stereocenters. The molecule has 0 spiro atoms. The minimum Gasteiger partial charge on any atom is -0.465 e. The molecule has 134 valence electrons. The van der Waals surface area contributed by atoms with Crippen LogP contribution < -0.4 is 5.32 Å². The Morgan fingerprint density at radius 3 is 2.69 bits per heavy atom. The number of methoxy groups -OCH3 is 1. The van der Waals surface area contributed by atoms with Crippen LogP contribution in [-0.4, -0.2) is 27.6 Å². The van der Waals surface area contributed by atoms with Crippen LogP contribution in [0.4, 0.5) is 5.82 Å². The number of benzene rings is 1. The van der Waals surface area contributed by atoms with Crippen molar-refractivity contribution in [3.8, 4) is 0 Å². The average Bonchev–Trinajstić information content (AvgIpc) is 3.04. The van der Waals surface area contributed by atoms with E-state index in [4.69, 9.17) is 4.74 Å². The minimum absolute atomic E-state index is 0.371. The zero-order valence-corrected chi connectivity index (χ0v) is 15.2. The average molecular weight is 350 g/mol. The van der Waals surface area contributed by atoms with Crippen molar-refractivity contribution >= 4 is 11.8 Å². The number of aromatic nitrogens is 3. The van der Waals surface area contributed by atoms with Crippen LogP contribution in [-0.2, 0) is 17.8 Å². The Labute approximate surface area is 152 Å². The predicted octanol–water partition coefficient (Wildman–Crippen LogP) is 3.34. The Hall–Kier alpha value is -3.15. The molecule has 6 heteroatoms. The van der Waals surface area contributed by atoms with Gasteiger partial charge in [0.05, 0.1) is 18.4 Å². The lowest BCUT2D eigenvalue weighted by molar-refractivity contribution is 0.0599. The van der Waals surface area contributed by atoms with E-state index in [1.165, 1.54) is 12.7 Å². The molecule has 0 aliphatic carbocycles. The largest absolute Gasteiger partial charge is 0.465 e. The van der Waals surface area contributed by atoms with Gasteiger partial charge in [-0.25, -0.2) is 14.8 Å². The van der Waals surface area contributed by atoms with Gasteiger partial charge in [0.25, 0.3) is 0 Å². The van der Waals surface area contributed by atoms with E-state index >= 15 is 0 Å². The fourth-order valence-corrected chi connectivity index (χ4v) is 2.78. The van der Waals surface area contributed by atoms with E-state index in [1.807, 2.05) is 19.3 Å². The van der Waals surface area contributed by atoms with Crippen molar-refractivity contribution in [3.05, 3.63) is 77.0 Å². The van der Waals surface area contributed by atoms with E-state index in [9.17, 15) is 4.79 Å². The smallest absolute Gasteiger partial charge is 0.339 e. The van der Waals surface area contributed by atoms with Crippen LogP contribution in [0.1, 0.15) is 33.0 Å². The molecule has 0 aliphatic rings. The quantitative estimate of drug-likeness (QED) is 0.691. The number of aryl methyl sites for hydroxylation is 2. The minimum atomic E-state index is -0.371. The van der Waals surface area contributed by atoms with Gasteiger partial charge < -0.3 is 14.6 Å². The molecular formula is C20H22N4O2. The number of hydrogen-bond acceptors (Lipinski definition) is 5. The van der Waals surface area contributed by atoms with Gasteiger partial charge in [0.15, 0.2) is 0 Å². The molecule has 2 heterocycles. The molecule has 1 N–H and O–H groups in total. The van der Waals surface area contributed by atoms with Crippen LogP contribution in [0.25, 0.3) is 0 Å². The van der Waals surface area contributed by atoms with Gasteiger partial charge >= 0.3 is 5.97 Å². The van der Waals surface area contributed by atoms with Crippen LogP contribution in [0.5, 0.6) is 0 Å². The monoisotopic (exact) mass is 350 g/mol.